The van der Waals surface area contributed by atoms with Crippen LogP contribution < -0.4 is 10.6 Å². The Balaban J connectivity index is 1.89. The zero-order valence-corrected chi connectivity index (χ0v) is 11.9. The fraction of sp³-hybridized carbons (Fsp3) is 0.308. The highest BCUT2D eigenvalue weighted by Gasteiger charge is 2.23. The summed E-state index contributed by atoms with van der Waals surface area (Å²) >= 11 is 1.36. The van der Waals surface area contributed by atoms with E-state index in [1.165, 1.54) is 23.8 Å². The standard InChI is InChI=1S/C13H15N3O3S/c1-8(11(17)16-13-14-5-6-19-13)9(2)15-12(18)10-4-3-7-20-10/h3-9H,1-2H3,(H,15,18)(H,14,16,17)/t8-,9-/m0/s1. The molecule has 2 aromatic heterocycles. The van der Waals surface area contributed by atoms with E-state index in [4.69, 9.17) is 4.42 Å². The number of carbonyl (C=O) groups is 2. The molecule has 2 N–H and O–H groups in total. The van der Waals surface area contributed by atoms with Crippen molar-refractivity contribution in [2.24, 2.45) is 5.92 Å². The molecule has 0 aliphatic carbocycles. The number of anilines is 1. The lowest BCUT2D eigenvalue weighted by atomic mass is 10.0. The van der Waals surface area contributed by atoms with Gasteiger partial charge in [0.15, 0.2) is 0 Å². The topological polar surface area (TPSA) is 84.2 Å². The summed E-state index contributed by atoms with van der Waals surface area (Å²) in [5.74, 6) is -0.847. The summed E-state index contributed by atoms with van der Waals surface area (Å²) in [5.41, 5.74) is 0. The van der Waals surface area contributed by atoms with Crippen LogP contribution in [0.15, 0.2) is 34.4 Å². The molecule has 6 nitrogen and oxygen atoms in total. The number of nitrogens with zero attached hydrogens (tertiary/aromatic N) is 1. The van der Waals surface area contributed by atoms with Crippen molar-refractivity contribution >= 4 is 29.2 Å². The van der Waals surface area contributed by atoms with Crippen LogP contribution in [0.3, 0.4) is 0 Å². The SMILES string of the molecule is C[C@H](NC(=O)c1cccs1)[C@H](C)C(=O)Nc1ncco1. The van der Waals surface area contributed by atoms with Crippen molar-refractivity contribution in [1.29, 1.82) is 0 Å². The molecule has 0 aliphatic heterocycles. The van der Waals surface area contributed by atoms with Gasteiger partial charge in [0.25, 0.3) is 5.91 Å². The van der Waals surface area contributed by atoms with Crippen LogP contribution in [0.1, 0.15) is 23.5 Å². The van der Waals surface area contributed by atoms with Crippen LogP contribution in [0.4, 0.5) is 6.01 Å². The van der Waals surface area contributed by atoms with Gasteiger partial charge >= 0.3 is 6.01 Å². The predicted octanol–water partition coefficient (Wildman–Crippen LogP) is 2.13. The number of hydrogen-bond acceptors (Lipinski definition) is 5. The van der Waals surface area contributed by atoms with E-state index >= 15 is 0 Å². The minimum Gasteiger partial charge on any atom is -0.432 e. The fourth-order valence-corrected chi connectivity index (χ4v) is 2.17. The van der Waals surface area contributed by atoms with E-state index in [0.29, 0.717) is 4.88 Å². The molecule has 0 saturated carbocycles. The fourth-order valence-electron chi connectivity index (χ4n) is 1.54. The van der Waals surface area contributed by atoms with E-state index in [2.05, 4.69) is 15.6 Å². The molecule has 0 saturated heterocycles. The Morgan fingerprint density at radius 1 is 1.40 bits per heavy atom. The van der Waals surface area contributed by atoms with Crippen molar-refractivity contribution in [3.05, 3.63) is 34.8 Å². The molecule has 0 aliphatic rings. The predicted molar refractivity (Wildman–Crippen MR) is 75.5 cm³/mol. The molecule has 0 radical (unpaired) electrons. The molecule has 7 heteroatoms. The van der Waals surface area contributed by atoms with Gasteiger partial charge in [0.1, 0.15) is 6.26 Å². The molecular weight excluding hydrogens is 278 g/mol. The molecule has 2 heterocycles. The van der Waals surface area contributed by atoms with Crippen molar-refractivity contribution in [3.8, 4) is 0 Å². The number of carbonyl (C=O) groups excluding carboxylic acids is 2. The van der Waals surface area contributed by atoms with E-state index in [-0.39, 0.29) is 23.9 Å². The first kappa shape index (κ1) is 14.3. The van der Waals surface area contributed by atoms with Gasteiger partial charge in [-0.05, 0) is 18.4 Å². The third-order valence-electron chi connectivity index (χ3n) is 2.93. The molecule has 0 unspecified atom stereocenters. The first-order chi connectivity index (χ1) is 9.58. The number of amides is 2. The average Bonchev–Trinajstić information content (AvgIpc) is 3.10. The van der Waals surface area contributed by atoms with Crippen LogP contribution in [0.5, 0.6) is 0 Å². The van der Waals surface area contributed by atoms with Crippen molar-refractivity contribution in [2.75, 3.05) is 5.32 Å². The summed E-state index contributed by atoms with van der Waals surface area (Å²) in [6.07, 6.45) is 2.82. The molecular formula is C13H15N3O3S. The number of aromatic nitrogens is 1. The molecule has 2 aromatic rings. The molecule has 2 rings (SSSR count). The Morgan fingerprint density at radius 3 is 2.80 bits per heavy atom. The van der Waals surface area contributed by atoms with Crippen LogP contribution in [0.25, 0.3) is 0 Å². The zero-order chi connectivity index (χ0) is 14.5. The smallest absolute Gasteiger partial charge is 0.301 e. The van der Waals surface area contributed by atoms with Gasteiger partial charge in [-0.2, -0.15) is 0 Å². The molecule has 2 amide bonds. The maximum absolute atomic E-state index is 12.0. The summed E-state index contributed by atoms with van der Waals surface area (Å²) in [7, 11) is 0. The normalized spacial score (nSPS) is 13.5. The van der Waals surface area contributed by atoms with Crippen molar-refractivity contribution in [1.82, 2.24) is 10.3 Å². The Hall–Kier alpha value is -2.15. The van der Waals surface area contributed by atoms with E-state index in [9.17, 15) is 9.59 Å². The lowest BCUT2D eigenvalue weighted by Gasteiger charge is -2.19. The second-order valence-corrected chi connectivity index (χ2v) is 5.30. The average molecular weight is 293 g/mol. The number of thiophene rings is 1. The van der Waals surface area contributed by atoms with E-state index in [1.807, 2.05) is 11.4 Å². The molecule has 0 aromatic carbocycles. The third-order valence-corrected chi connectivity index (χ3v) is 3.80. The maximum Gasteiger partial charge on any atom is 0.301 e. The number of rotatable bonds is 5. The first-order valence-electron chi connectivity index (χ1n) is 6.12. The molecule has 2 atom stereocenters. The van der Waals surface area contributed by atoms with Gasteiger partial charge in [0.05, 0.1) is 17.0 Å². The third kappa shape index (κ3) is 3.45. The second kappa shape index (κ2) is 6.33. The second-order valence-electron chi connectivity index (χ2n) is 4.35. The van der Waals surface area contributed by atoms with Crippen molar-refractivity contribution in [3.63, 3.8) is 0 Å². The molecule has 106 valence electrons. The highest BCUT2D eigenvalue weighted by atomic mass is 32.1. The van der Waals surface area contributed by atoms with Crippen LogP contribution >= 0.6 is 11.3 Å². The molecule has 0 bridgehead atoms. The summed E-state index contributed by atoms with van der Waals surface area (Å²) in [6, 6.07) is 3.39. The zero-order valence-electron chi connectivity index (χ0n) is 11.1. The quantitative estimate of drug-likeness (QED) is 0.884. The van der Waals surface area contributed by atoms with Crippen molar-refractivity contribution < 1.29 is 14.0 Å². The van der Waals surface area contributed by atoms with E-state index < -0.39 is 5.92 Å². The van der Waals surface area contributed by atoms with Gasteiger partial charge in [-0.3, -0.25) is 14.9 Å². The highest BCUT2D eigenvalue weighted by molar-refractivity contribution is 7.12. The monoisotopic (exact) mass is 293 g/mol. The van der Waals surface area contributed by atoms with E-state index in [1.54, 1.807) is 19.9 Å². The Kier molecular flexibility index (Phi) is 4.52. The van der Waals surface area contributed by atoms with Crippen LogP contribution in [0, 0.1) is 5.92 Å². The van der Waals surface area contributed by atoms with Gasteiger partial charge in [0, 0.05) is 6.04 Å². The van der Waals surface area contributed by atoms with Crippen LogP contribution in [-0.4, -0.2) is 22.8 Å². The van der Waals surface area contributed by atoms with Gasteiger partial charge < -0.3 is 9.73 Å². The lowest BCUT2D eigenvalue weighted by Crippen LogP contribution is -2.41. The van der Waals surface area contributed by atoms with Gasteiger partial charge in [0.2, 0.25) is 5.91 Å². The van der Waals surface area contributed by atoms with Crippen molar-refractivity contribution in [2.45, 2.75) is 19.9 Å². The molecule has 20 heavy (non-hydrogen) atoms. The summed E-state index contributed by atoms with van der Waals surface area (Å²) in [4.78, 5) is 28.3. The summed E-state index contributed by atoms with van der Waals surface area (Å²) in [5, 5.41) is 7.18. The summed E-state index contributed by atoms with van der Waals surface area (Å²) < 4.78 is 4.95. The molecule has 0 fully saturated rings. The Morgan fingerprint density at radius 2 is 2.20 bits per heavy atom. The largest absolute Gasteiger partial charge is 0.432 e. The number of oxazole rings is 1. The highest BCUT2D eigenvalue weighted by Crippen LogP contribution is 2.12. The minimum absolute atomic E-state index is 0.152. The van der Waals surface area contributed by atoms with E-state index in [0.717, 1.165) is 0 Å². The van der Waals surface area contributed by atoms with Gasteiger partial charge in [-0.25, -0.2) is 4.98 Å². The van der Waals surface area contributed by atoms with Gasteiger partial charge in [-0.15, -0.1) is 11.3 Å². The Labute approximate surface area is 120 Å². The maximum atomic E-state index is 12.0. The van der Waals surface area contributed by atoms with Crippen LogP contribution in [-0.2, 0) is 4.79 Å². The van der Waals surface area contributed by atoms with Gasteiger partial charge in [-0.1, -0.05) is 13.0 Å². The Bertz CT molecular complexity index is 566. The number of hydrogen-bond donors (Lipinski definition) is 2. The first-order valence-corrected chi connectivity index (χ1v) is 7.00. The minimum atomic E-state index is -0.411. The molecule has 0 spiro atoms. The summed E-state index contributed by atoms with van der Waals surface area (Å²) in [6.45, 7) is 3.52. The lowest BCUT2D eigenvalue weighted by molar-refractivity contribution is -0.120. The number of nitrogens with one attached hydrogen (secondary N) is 2. The van der Waals surface area contributed by atoms with Crippen LogP contribution in [0.2, 0.25) is 0 Å².